The van der Waals surface area contributed by atoms with Gasteiger partial charge in [-0.1, -0.05) is 0 Å². The minimum absolute atomic E-state index is 0.481. The molecule has 1 fully saturated rings. The first-order chi connectivity index (χ1) is 6.88. The van der Waals surface area contributed by atoms with Crippen LogP contribution in [-0.4, -0.2) is 36.1 Å². The fourth-order valence-electron chi connectivity index (χ4n) is 1.85. The summed E-state index contributed by atoms with van der Waals surface area (Å²) in [6.07, 6.45) is 3.14. The van der Waals surface area contributed by atoms with Crippen LogP contribution in [0.5, 0.6) is 0 Å². The van der Waals surface area contributed by atoms with Crippen LogP contribution in [0, 0.1) is 0 Å². The second-order valence-corrected chi connectivity index (χ2v) is 4.61. The lowest BCUT2D eigenvalue weighted by molar-refractivity contribution is 0.225. The minimum Gasteiger partial charge on any atom is -0.315 e. The van der Waals surface area contributed by atoms with Gasteiger partial charge in [-0.15, -0.1) is 11.3 Å². The number of thiazole rings is 1. The SMILES string of the molecule is C[C@@H](c1nccs1)N1CCCNCC1. The molecule has 3 nitrogen and oxygen atoms in total. The zero-order valence-electron chi connectivity index (χ0n) is 8.57. The van der Waals surface area contributed by atoms with Crippen LogP contribution in [0.2, 0.25) is 0 Å². The molecule has 1 aliphatic rings. The van der Waals surface area contributed by atoms with Gasteiger partial charge in [-0.05, 0) is 19.9 Å². The van der Waals surface area contributed by atoms with Gasteiger partial charge in [0.1, 0.15) is 5.01 Å². The van der Waals surface area contributed by atoms with E-state index < -0.39 is 0 Å². The Morgan fingerprint density at radius 2 is 2.43 bits per heavy atom. The maximum atomic E-state index is 4.38. The van der Waals surface area contributed by atoms with Crippen molar-refractivity contribution >= 4 is 11.3 Å². The van der Waals surface area contributed by atoms with Crippen LogP contribution in [0.1, 0.15) is 24.4 Å². The number of nitrogens with zero attached hydrogens (tertiary/aromatic N) is 2. The predicted octanol–water partition coefficient (Wildman–Crippen LogP) is 1.50. The van der Waals surface area contributed by atoms with Crippen LogP contribution in [-0.2, 0) is 0 Å². The summed E-state index contributed by atoms with van der Waals surface area (Å²) in [5.74, 6) is 0. The third kappa shape index (κ3) is 2.32. The van der Waals surface area contributed by atoms with E-state index in [9.17, 15) is 0 Å². The molecular weight excluding hydrogens is 194 g/mol. The van der Waals surface area contributed by atoms with Crippen LogP contribution in [0.4, 0.5) is 0 Å². The van der Waals surface area contributed by atoms with Gasteiger partial charge < -0.3 is 5.32 Å². The molecule has 2 heterocycles. The number of aromatic nitrogens is 1. The van der Waals surface area contributed by atoms with Crippen LogP contribution >= 0.6 is 11.3 Å². The van der Waals surface area contributed by atoms with E-state index in [2.05, 4.69) is 27.5 Å². The van der Waals surface area contributed by atoms with Crippen molar-refractivity contribution in [3.8, 4) is 0 Å². The Bertz CT molecular complexity index is 252. The Balaban J connectivity index is 1.99. The van der Waals surface area contributed by atoms with Crippen molar-refractivity contribution in [3.05, 3.63) is 16.6 Å². The van der Waals surface area contributed by atoms with Gasteiger partial charge in [-0.2, -0.15) is 0 Å². The Labute approximate surface area is 89.1 Å². The molecule has 1 N–H and O–H groups in total. The monoisotopic (exact) mass is 211 g/mol. The van der Waals surface area contributed by atoms with Gasteiger partial charge in [0.15, 0.2) is 0 Å². The van der Waals surface area contributed by atoms with E-state index in [0.717, 1.165) is 19.6 Å². The maximum absolute atomic E-state index is 4.38. The number of rotatable bonds is 2. The first-order valence-corrected chi connectivity index (χ1v) is 6.10. The molecule has 1 aromatic heterocycles. The molecule has 2 rings (SSSR count). The Hall–Kier alpha value is -0.450. The molecule has 0 spiro atoms. The van der Waals surface area contributed by atoms with Gasteiger partial charge in [-0.3, -0.25) is 4.90 Å². The van der Waals surface area contributed by atoms with Crippen molar-refractivity contribution < 1.29 is 0 Å². The van der Waals surface area contributed by atoms with Gasteiger partial charge in [0.05, 0.1) is 6.04 Å². The standard InChI is InChI=1S/C10H17N3S/c1-9(10-12-5-8-14-10)13-6-2-3-11-4-7-13/h5,8-9,11H,2-4,6-7H2,1H3/t9-/m0/s1. The second-order valence-electron chi connectivity index (χ2n) is 3.69. The molecule has 4 heteroatoms. The summed E-state index contributed by atoms with van der Waals surface area (Å²) in [7, 11) is 0. The molecule has 0 aromatic carbocycles. The highest BCUT2D eigenvalue weighted by molar-refractivity contribution is 7.09. The zero-order chi connectivity index (χ0) is 9.80. The Morgan fingerprint density at radius 1 is 1.50 bits per heavy atom. The topological polar surface area (TPSA) is 28.2 Å². The average Bonchev–Trinajstić information content (AvgIpc) is 2.59. The molecule has 0 saturated carbocycles. The number of hydrogen-bond donors (Lipinski definition) is 1. The normalized spacial score (nSPS) is 21.8. The molecule has 14 heavy (non-hydrogen) atoms. The lowest BCUT2D eigenvalue weighted by atomic mass is 10.2. The van der Waals surface area contributed by atoms with E-state index in [1.54, 1.807) is 11.3 Å². The summed E-state index contributed by atoms with van der Waals surface area (Å²) in [4.78, 5) is 6.89. The van der Waals surface area contributed by atoms with Crippen molar-refractivity contribution in [2.24, 2.45) is 0 Å². The van der Waals surface area contributed by atoms with E-state index in [1.807, 2.05) is 6.20 Å². The molecule has 1 saturated heterocycles. The fourth-order valence-corrected chi connectivity index (χ4v) is 2.58. The average molecular weight is 211 g/mol. The smallest absolute Gasteiger partial charge is 0.109 e. The van der Waals surface area contributed by atoms with Crippen molar-refractivity contribution in [1.29, 1.82) is 0 Å². The number of hydrogen-bond acceptors (Lipinski definition) is 4. The van der Waals surface area contributed by atoms with E-state index in [4.69, 9.17) is 0 Å². The van der Waals surface area contributed by atoms with Crippen LogP contribution in [0.25, 0.3) is 0 Å². The molecule has 0 aliphatic carbocycles. The summed E-state index contributed by atoms with van der Waals surface area (Å²) in [5.41, 5.74) is 0. The Kier molecular flexibility index (Phi) is 3.50. The molecule has 1 atom stereocenters. The van der Waals surface area contributed by atoms with Crippen molar-refractivity contribution in [1.82, 2.24) is 15.2 Å². The van der Waals surface area contributed by atoms with E-state index >= 15 is 0 Å². The van der Waals surface area contributed by atoms with Crippen LogP contribution < -0.4 is 5.32 Å². The maximum Gasteiger partial charge on any atom is 0.109 e. The molecule has 1 aromatic rings. The van der Waals surface area contributed by atoms with Gasteiger partial charge >= 0.3 is 0 Å². The molecule has 78 valence electrons. The van der Waals surface area contributed by atoms with Crippen molar-refractivity contribution in [2.45, 2.75) is 19.4 Å². The molecule has 0 bridgehead atoms. The van der Waals surface area contributed by atoms with E-state index in [-0.39, 0.29) is 0 Å². The fraction of sp³-hybridized carbons (Fsp3) is 0.700. The third-order valence-electron chi connectivity index (χ3n) is 2.73. The highest BCUT2D eigenvalue weighted by Gasteiger charge is 2.18. The number of nitrogens with one attached hydrogen (secondary N) is 1. The Morgan fingerprint density at radius 3 is 3.21 bits per heavy atom. The summed E-state index contributed by atoms with van der Waals surface area (Å²) in [5, 5.41) is 6.72. The summed E-state index contributed by atoms with van der Waals surface area (Å²) >= 11 is 1.76. The van der Waals surface area contributed by atoms with Gasteiger partial charge in [0, 0.05) is 31.2 Å². The summed E-state index contributed by atoms with van der Waals surface area (Å²) in [6, 6.07) is 0.481. The molecule has 0 radical (unpaired) electrons. The van der Waals surface area contributed by atoms with Crippen molar-refractivity contribution in [3.63, 3.8) is 0 Å². The van der Waals surface area contributed by atoms with E-state index in [1.165, 1.54) is 18.0 Å². The molecule has 1 aliphatic heterocycles. The zero-order valence-corrected chi connectivity index (χ0v) is 9.39. The molecular formula is C10H17N3S. The highest BCUT2D eigenvalue weighted by atomic mass is 32.1. The first kappa shape index (κ1) is 10.1. The second kappa shape index (κ2) is 4.87. The largest absolute Gasteiger partial charge is 0.315 e. The molecule has 0 amide bonds. The van der Waals surface area contributed by atoms with Crippen molar-refractivity contribution in [2.75, 3.05) is 26.2 Å². The van der Waals surface area contributed by atoms with Crippen LogP contribution in [0.3, 0.4) is 0 Å². The summed E-state index contributed by atoms with van der Waals surface area (Å²) < 4.78 is 0. The summed E-state index contributed by atoms with van der Waals surface area (Å²) in [6.45, 7) is 6.84. The quantitative estimate of drug-likeness (QED) is 0.803. The van der Waals surface area contributed by atoms with Gasteiger partial charge in [-0.25, -0.2) is 4.98 Å². The first-order valence-electron chi connectivity index (χ1n) is 5.22. The minimum atomic E-state index is 0.481. The van der Waals surface area contributed by atoms with Crippen LogP contribution in [0.15, 0.2) is 11.6 Å². The lowest BCUT2D eigenvalue weighted by Gasteiger charge is -2.25. The van der Waals surface area contributed by atoms with Gasteiger partial charge in [0.2, 0.25) is 0 Å². The predicted molar refractivity (Wildman–Crippen MR) is 59.6 cm³/mol. The van der Waals surface area contributed by atoms with Gasteiger partial charge in [0.25, 0.3) is 0 Å². The lowest BCUT2D eigenvalue weighted by Crippen LogP contribution is -2.30. The van der Waals surface area contributed by atoms with E-state index in [0.29, 0.717) is 6.04 Å². The third-order valence-corrected chi connectivity index (χ3v) is 3.68. The highest BCUT2D eigenvalue weighted by Crippen LogP contribution is 2.22. The molecule has 0 unspecified atom stereocenters.